The summed E-state index contributed by atoms with van der Waals surface area (Å²) in [7, 11) is 0. The van der Waals surface area contributed by atoms with Crippen molar-refractivity contribution in [3.8, 4) is 0 Å². The summed E-state index contributed by atoms with van der Waals surface area (Å²) in [6, 6.07) is 2.25. The van der Waals surface area contributed by atoms with Crippen LogP contribution in [0.1, 0.15) is 120 Å². The van der Waals surface area contributed by atoms with Gasteiger partial charge in [-0.05, 0) is 74.7 Å². The molecular formula is C25H52N2. The van der Waals surface area contributed by atoms with Gasteiger partial charge in [-0.25, -0.2) is 0 Å². The highest BCUT2D eigenvalue weighted by Crippen LogP contribution is 2.23. The molecular weight excluding hydrogens is 328 g/mol. The van der Waals surface area contributed by atoms with Crippen LogP contribution in [0.3, 0.4) is 0 Å². The molecule has 0 heterocycles. The fourth-order valence-corrected chi connectivity index (χ4v) is 4.52. The molecule has 0 saturated heterocycles. The van der Waals surface area contributed by atoms with Crippen LogP contribution in [0.2, 0.25) is 0 Å². The first kappa shape index (κ1) is 26.7. The molecule has 0 rings (SSSR count). The van der Waals surface area contributed by atoms with Crippen LogP contribution in [0.4, 0.5) is 0 Å². The van der Waals surface area contributed by atoms with Crippen LogP contribution in [0.25, 0.3) is 0 Å². The van der Waals surface area contributed by atoms with E-state index in [4.69, 9.17) is 0 Å². The van der Waals surface area contributed by atoms with Crippen LogP contribution >= 0.6 is 0 Å². The molecule has 0 bridgehead atoms. The Balaban J connectivity index is 4.68. The van der Waals surface area contributed by atoms with E-state index in [0.717, 1.165) is 6.42 Å². The van der Waals surface area contributed by atoms with Gasteiger partial charge >= 0.3 is 0 Å². The molecule has 0 aliphatic heterocycles. The van der Waals surface area contributed by atoms with Crippen molar-refractivity contribution in [2.45, 2.75) is 150 Å². The van der Waals surface area contributed by atoms with Crippen molar-refractivity contribution in [1.82, 2.24) is 9.80 Å². The third kappa shape index (κ3) is 11.3. The van der Waals surface area contributed by atoms with E-state index in [0.29, 0.717) is 30.3 Å². The largest absolute Gasteiger partial charge is 0.283 e. The third-order valence-electron chi connectivity index (χ3n) is 5.56. The lowest BCUT2D eigenvalue weighted by Gasteiger charge is -2.47. The van der Waals surface area contributed by atoms with Crippen molar-refractivity contribution in [3.63, 3.8) is 0 Å². The Morgan fingerprint density at radius 1 is 0.556 bits per heavy atom. The molecule has 0 aliphatic rings. The molecule has 0 radical (unpaired) electrons. The number of unbranched alkanes of at least 4 members (excludes halogenated alkanes) is 7. The number of rotatable bonds is 16. The maximum Gasteiger partial charge on any atom is 0.0666 e. The zero-order valence-corrected chi connectivity index (χ0v) is 20.3. The summed E-state index contributed by atoms with van der Waals surface area (Å²) in [5, 5.41) is 0. The van der Waals surface area contributed by atoms with E-state index in [1.165, 1.54) is 51.4 Å². The molecule has 2 heteroatoms. The SMILES string of the molecule is CCCCCCCCCC=CCC(N(C(C)C)C(C)C)N(C(C)C)C(C)C. The summed E-state index contributed by atoms with van der Waals surface area (Å²) in [4.78, 5) is 5.39. The van der Waals surface area contributed by atoms with E-state index in [1.807, 2.05) is 0 Å². The van der Waals surface area contributed by atoms with Gasteiger partial charge in [0, 0.05) is 24.2 Å². The summed E-state index contributed by atoms with van der Waals surface area (Å²) < 4.78 is 0. The fraction of sp³-hybridized carbons (Fsp3) is 0.920. The first-order valence-corrected chi connectivity index (χ1v) is 11.9. The average Bonchev–Trinajstić information content (AvgIpc) is 2.55. The predicted molar refractivity (Wildman–Crippen MR) is 124 cm³/mol. The van der Waals surface area contributed by atoms with Gasteiger partial charge in [-0.3, -0.25) is 9.80 Å². The van der Waals surface area contributed by atoms with Gasteiger partial charge in [0.15, 0.2) is 0 Å². The van der Waals surface area contributed by atoms with Gasteiger partial charge in [-0.15, -0.1) is 0 Å². The number of hydrogen-bond acceptors (Lipinski definition) is 2. The molecule has 0 aromatic heterocycles. The molecule has 0 spiro atoms. The van der Waals surface area contributed by atoms with Gasteiger partial charge in [-0.1, -0.05) is 57.6 Å². The van der Waals surface area contributed by atoms with Gasteiger partial charge in [-0.2, -0.15) is 0 Å². The number of allylic oxidation sites excluding steroid dienone is 1. The number of nitrogens with zero attached hydrogens (tertiary/aromatic N) is 2. The summed E-state index contributed by atoms with van der Waals surface area (Å²) in [6.45, 7) is 21.0. The highest BCUT2D eigenvalue weighted by Gasteiger charge is 2.31. The minimum absolute atomic E-state index is 0.482. The van der Waals surface area contributed by atoms with Crippen molar-refractivity contribution < 1.29 is 0 Å². The lowest BCUT2D eigenvalue weighted by atomic mass is 10.1. The second-order valence-corrected chi connectivity index (χ2v) is 9.37. The lowest BCUT2D eigenvalue weighted by molar-refractivity contribution is -0.0331. The Kier molecular flexibility index (Phi) is 15.4. The molecule has 0 aromatic carbocycles. The molecule has 2 nitrogen and oxygen atoms in total. The van der Waals surface area contributed by atoms with E-state index in [9.17, 15) is 0 Å². The second kappa shape index (κ2) is 15.6. The van der Waals surface area contributed by atoms with E-state index in [2.05, 4.69) is 84.3 Å². The van der Waals surface area contributed by atoms with Crippen molar-refractivity contribution >= 4 is 0 Å². The lowest BCUT2D eigenvalue weighted by Crippen LogP contribution is -2.57. The Hall–Kier alpha value is -0.340. The van der Waals surface area contributed by atoms with Crippen LogP contribution in [0.15, 0.2) is 12.2 Å². The first-order valence-electron chi connectivity index (χ1n) is 11.9. The molecule has 0 aliphatic carbocycles. The van der Waals surface area contributed by atoms with Crippen molar-refractivity contribution in [2.75, 3.05) is 0 Å². The molecule has 0 N–H and O–H groups in total. The molecule has 0 unspecified atom stereocenters. The molecule has 27 heavy (non-hydrogen) atoms. The van der Waals surface area contributed by atoms with Crippen LogP contribution < -0.4 is 0 Å². The van der Waals surface area contributed by atoms with Gasteiger partial charge in [0.25, 0.3) is 0 Å². The van der Waals surface area contributed by atoms with Crippen molar-refractivity contribution in [3.05, 3.63) is 12.2 Å². The Morgan fingerprint density at radius 3 is 1.37 bits per heavy atom. The fourth-order valence-electron chi connectivity index (χ4n) is 4.52. The minimum atomic E-state index is 0.482. The molecule has 0 saturated carbocycles. The van der Waals surface area contributed by atoms with E-state index in [-0.39, 0.29) is 0 Å². The normalized spacial score (nSPS) is 13.2. The minimum Gasteiger partial charge on any atom is -0.283 e. The standard InChI is InChI=1S/C25H52N2/c1-10-11-12-13-14-15-16-17-18-19-20-25(26(21(2)3)22(4)5)27(23(6)7)24(8)9/h18-19,21-25H,10-17,20H2,1-9H3. The van der Waals surface area contributed by atoms with Crippen LogP contribution in [-0.2, 0) is 0 Å². The Bertz CT molecular complexity index is 321. The molecule has 162 valence electrons. The highest BCUT2D eigenvalue weighted by atomic mass is 15.4. The molecule has 0 fully saturated rings. The average molecular weight is 381 g/mol. The van der Waals surface area contributed by atoms with E-state index >= 15 is 0 Å². The Morgan fingerprint density at radius 2 is 0.963 bits per heavy atom. The van der Waals surface area contributed by atoms with Crippen molar-refractivity contribution in [2.24, 2.45) is 0 Å². The first-order chi connectivity index (χ1) is 12.7. The topological polar surface area (TPSA) is 6.48 Å². The summed E-state index contributed by atoms with van der Waals surface area (Å²) in [5.74, 6) is 0. The molecule has 0 atom stereocenters. The van der Waals surface area contributed by atoms with Gasteiger partial charge in [0.1, 0.15) is 0 Å². The molecule has 0 amide bonds. The summed E-state index contributed by atoms with van der Waals surface area (Å²) in [6.07, 6.45) is 17.5. The highest BCUT2D eigenvalue weighted by molar-refractivity contribution is 4.91. The van der Waals surface area contributed by atoms with Gasteiger partial charge in [0.2, 0.25) is 0 Å². The van der Waals surface area contributed by atoms with Gasteiger partial charge < -0.3 is 0 Å². The zero-order valence-electron chi connectivity index (χ0n) is 20.3. The maximum atomic E-state index is 2.69. The van der Waals surface area contributed by atoms with Crippen molar-refractivity contribution in [1.29, 1.82) is 0 Å². The van der Waals surface area contributed by atoms with Crippen LogP contribution in [0.5, 0.6) is 0 Å². The maximum absolute atomic E-state index is 2.69. The van der Waals surface area contributed by atoms with Crippen LogP contribution in [0, 0.1) is 0 Å². The summed E-state index contributed by atoms with van der Waals surface area (Å²) >= 11 is 0. The van der Waals surface area contributed by atoms with Gasteiger partial charge in [0.05, 0.1) is 6.17 Å². The van der Waals surface area contributed by atoms with E-state index < -0.39 is 0 Å². The quantitative estimate of drug-likeness (QED) is 0.154. The monoisotopic (exact) mass is 380 g/mol. The second-order valence-electron chi connectivity index (χ2n) is 9.37. The zero-order chi connectivity index (χ0) is 20.8. The number of hydrogen-bond donors (Lipinski definition) is 0. The van der Waals surface area contributed by atoms with E-state index in [1.54, 1.807) is 0 Å². The predicted octanol–water partition coefficient (Wildman–Crippen LogP) is 7.64. The van der Waals surface area contributed by atoms with Crippen LogP contribution in [-0.4, -0.2) is 40.1 Å². The third-order valence-corrected chi connectivity index (χ3v) is 5.56. The summed E-state index contributed by atoms with van der Waals surface area (Å²) in [5.41, 5.74) is 0. The Labute approximate surface area is 172 Å². The molecule has 0 aromatic rings. The smallest absolute Gasteiger partial charge is 0.0666 e.